The summed E-state index contributed by atoms with van der Waals surface area (Å²) in [5, 5.41) is 9.92. The van der Waals surface area contributed by atoms with Crippen LogP contribution in [0.2, 0.25) is 0 Å². The Labute approximate surface area is 214 Å². The largest absolute Gasteiger partial charge is 0.358 e. The molecule has 1 unspecified atom stereocenters. The van der Waals surface area contributed by atoms with Gasteiger partial charge in [0.15, 0.2) is 0 Å². The first-order valence-electron chi connectivity index (χ1n) is 12.2. The number of aromatic amines is 1. The van der Waals surface area contributed by atoms with Crippen LogP contribution >= 0.6 is 0 Å². The first-order chi connectivity index (χ1) is 18.0. The molecule has 37 heavy (non-hydrogen) atoms. The number of aryl methyl sites for hydroxylation is 1. The van der Waals surface area contributed by atoms with Crippen molar-refractivity contribution in [2.75, 3.05) is 6.61 Å². The van der Waals surface area contributed by atoms with Gasteiger partial charge in [0.1, 0.15) is 11.8 Å². The Morgan fingerprint density at radius 1 is 0.946 bits per heavy atom. The number of benzene rings is 3. The summed E-state index contributed by atoms with van der Waals surface area (Å²) in [4.78, 5) is 26.6. The molecule has 0 spiro atoms. The third-order valence-electron chi connectivity index (χ3n) is 6.86. The summed E-state index contributed by atoms with van der Waals surface area (Å²) in [5.74, 6) is -0.496. The Hall–Kier alpha value is -4.25. The second kappa shape index (κ2) is 10.4. The highest BCUT2D eigenvalue weighted by Gasteiger charge is 2.42. The van der Waals surface area contributed by atoms with Crippen molar-refractivity contribution in [1.82, 2.24) is 9.55 Å². The summed E-state index contributed by atoms with van der Waals surface area (Å²) in [6.45, 7) is 1.74. The van der Waals surface area contributed by atoms with Crippen molar-refractivity contribution in [1.29, 1.82) is 5.26 Å². The molecule has 1 aliphatic heterocycles. The molecule has 0 saturated carbocycles. The van der Waals surface area contributed by atoms with Gasteiger partial charge in [-0.25, -0.2) is 4.79 Å². The quantitative estimate of drug-likeness (QED) is 0.388. The minimum absolute atomic E-state index is 0.116. The van der Waals surface area contributed by atoms with E-state index >= 15 is 0 Å². The van der Waals surface area contributed by atoms with Gasteiger partial charge in [-0.15, -0.1) is 0 Å². The molecule has 5 rings (SSSR count). The number of nitriles is 1. The number of nitrogens with zero attached hydrogens (tertiary/aromatic N) is 2. The fourth-order valence-corrected chi connectivity index (χ4v) is 4.97. The zero-order chi connectivity index (χ0) is 25.8. The van der Waals surface area contributed by atoms with E-state index in [4.69, 9.17) is 9.47 Å². The highest BCUT2D eigenvalue weighted by molar-refractivity contribution is 5.47. The first-order valence-corrected chi connectivity index (χ1v) is 12.2. The van der Waals surface area contributed by atoms with Gasteiger partial charge >= 0.3 is 5.69 Å². The van der Waals surface area contributed by atoms with Crippen molar-refractivity contribution < 1.29 is 9.47 Å². The molecule has 3 aromatic carbocycles. The molecule has 4 aromatic rings. The third kappa shape index (κ3) is 4.65. The Balaban J connectivity index is 1.53. The molecule has 0 aliphatic carbocycles. The molecule has 0 amide bonds. The van der Waals surface area contributed by atoms with Gasteiger partial charge in [0.2, 0.25) is 0 Å². The molecule has 7 heteroatoms. The summed E-state index contributed by atoms with van der Waals surface area (Å²) in [6.07, 6.45) is 0.530. The lowest BCUT2D eigenvalue weighted by Crippen LogP contribution is -2.37. The van der Waals surface area contributed by atoms with E-state index in [-0.39, 0.29) is 6.61 Å². The number of ether oxygens (including phenoxy) is 2. The van der Waals surface area contributed by atoms with E-state index in [9.17, 15) is 14.9 Å². The van der Waals surface area contributed by atoms with Gasteiger partial charge in [-0.1, -0.05) is 91.0 Å². The fraction of sp³-hybridized carbons (Fsp3) is 0.233. The van der Waals surface area contributed by atoms with Gasteiger partial charge < -0.3 is 9.47 Å². The average Bonchev–Trinajstić information content (AvgIpc) is 3.36. The Kier molecular flexibility index (Phi) is 6.87. The van der Waals surface area contributed by atoms with E-state index in [1.165, 1.54) is 10.8 Å². The van der Waals surface area contributed by atoms with Gasteiger partial charge in [-0.3, -0.25) is 14.3 Å². The minimum atomic E-state index is -0.948. The number of aromatic nitrogens is 2. The monoisotopic (exact) mass is 493 g/mol. The highest BCUT2D eigenvalue weighted by Crippen LogP contribution is 2.42. The second-order valence-electron chi connectivity index (χ2n) is 9.17. The summed E-state index contributed by atoms with van der Waals surface area (Å²) in [5.41, 5.74) is 1.29. The summed E-state index contributed by atoms with van der Waals surface area (Å²) < 4.78 is 14.4. The molecular formula is C30H27N3O4. The van der Waals surface area contributed by atoms with Crippen LogP contribution in [0, 0.1) is 24.2 Å². The van der Waals surface area contributed by atoms with Crippen LogP contribution in [-0.2, 0) is 15.1 Å². The van der Waals surface area contributed by atoms with Crippen molar-refractivity contribution in [3.63, 3.8) is 0 Å². The van der Waals surface area contributed by atoms with E-state index in [1.54, 1.807) is 6.92 Å². The van der Waals surface area contributed by atoms with Crippen LogP contribution in [0.25, 0.3) is 0 Å². The standard InChI is InChI=1S/C30H27N3O4/c1-21-19-33(29(35)32-28(21)34)27-17-22(18-31)26(37-27)20-36-30(23-11-5-2-6-12-23,24-13-7-3-8-14-24)25-15-9-4-10-16-25/h2-16,19,22,26-27H,17,20H2,1H3,(H,32,34,35)/t22?,26-,27-/m1/s1. The Morgan fingerprint density at radius 2 is 1.46 bits per heavy atom. The van der Waals surface area contributed by atoms with Gasteiger partial charge in [0, 0.05) is 18.2 Å². The Morgan fingerprint density at radius 3 is 1.95 bits per heavy atom. The van der Waals surface area contributed by atoms with E-state index < -0.39 is 35.1 Å². The molecule has 1 aliphatic rings. The van der Waals surface area contributed by atoms with E-state index in [1.807, 2.05) is 91.0 Å². The molecule has 186 valence electrons. The second-order valence-corrected chi connectivity index (χ2v) is 9.17. The average molecular weight is 494 g/mol. The molecule has 1 fully saturated rings. The third-order valence-corrected chi connectivity index (χ3v) is 6.86. The van der Waals surface area contributed by atoms with Gasteiger partial charge in [0.25, 0.3) is 5.56 Å². The predicted octanol–water partition coefficient (Wildman–Crippen LogP) is 4.28. The van der Waals surface area contributed by atoms with Crippen LogP contribution in [-0.4, -0.2) is 22.3 Å². The molecule has 1 aromatic heterocycles. The summed E-state index contributed by atoms with van der Waals surface area (Å²) >= 11 is 0. The highest BCUT2D eigenvalue weighted by atomic mass is 16.6. The number of hydrogen-bond acceptors (Lipinski definition) is 5. The lowest BCUT2D eigenvalue weighted by Gasteiger charge is -2.37. The molecule has 1 N–H and O–H groups in total. The fourth-order valence-electron chi connectivity index (χ4n) is 4.97. The van der Waals surface area contributed by atoms with Crippen LogP contribution in [0.5, 0.6) is 0 Å². The van der Waals surface area contributed by atoms with Gasteiger partial charge in [-0.2, -0.15) is 5.26 Å². The molecule has 1 saturated heterocycles. The zero-order valence-electron chi connectivity index (χ0n) is 20.4. The summed E-state index contributed by atoms with van der Waals surface area (Å²) in [6, 6.07) is 32.3. The maximum atomic E-state index is 12.5. The van der Waals surface area contributed by atoms with E-state index in [0.717, 1.165) is 16.7 Å². The lowest BCUT2D eigenvalue weighted by atomic mass is 9.80. The molecule has 3 atom stereocenters. The van der Waals surface area contributed by atoms with Gasteiger partial charge in [0.05, 0.1) is 24.7 Å². The van der Waals surface area contributed by atoms with E-state index in [2.05, 4.69) is 11.1 Å². The van der Waals surface area contributed by atoms with Crippen molar-refractivity contribution >= 4 is 0 Å². The van der Waals surface area contributed by atoms with Crippen molar-refractivity contribution in [2.24, 2.45) is 5.92 Å². The number of rotatable bonds is 7. The maximum Gasteiger partial charge on any atom is 0.330 e. The first kappa shape index (κ1) is 24.4. The summed E-state index contributed by atoms with van der Waals surface area (Å²) in [7, 11) is 0. The smallest absolute Gasteiger partial charge is 0.330 e. The van der Waals surface area contributed by atoms with E-state index in [0.29, 0.717) is 12.0 Å². The molecule has 2 heterocycles. The predicted molar refractivity (Wildman–Crippen MR) is 139 cm³/mol. The van der Waals surface area contributed by atoms with Crippen molar-refractivity contribution in [3.8, 4) is 6.07 Å². The molecular weight excluding hydrogens is 466 g/mol. The molecule has 0 bridgehead atoms. The van der Waals surface area contributed by atoms with Crippen molar-refractivity contribution in [3.05, 3.63) is 140 Å². The van der Waals surface area contributed by atoms with Crippen LogP contribution in [0.1, 0.15) is 34.9 Å². The zero-order valence-corrected chi connectivity index (χ0v) is 20.4. The Bertz CT molecular complexity index is 1410. The van der Waals surface area contributed by atoms with Gasteiger partial charge in [-0.05, 0) is 23.6 Å². The van der Waals surface area contributed by atoms with Crippen LogP contribution in [0.4, 0.5) is 0 Å². The minimum Gasteiger partial charge on any atom is -0.358 e. The van der Waals surface area contributed by atoms with Crippen LogP contribution < -0.4 is 11.2 Å². The normalized spacial score (nSPS) is 19.4. The van der Waals surface area contributed by atoms with Crippen LogP contribution in [0.15, 0.2) is 107 Å². The topological polar surface area (TPSA) is 97.1 Å². The number of H-pyrrole nitrogens is 1. The SMILES string of the molecule is Cc1cn([C@H]2CC(C#N)[C@@H](COC(c3ccccc3)(c3ccccc3)c3ccccc3)O2)c(=O)[nH]c1=O. The number of hydrogen-bond donors (Lipinski definition) is 1. The maximum absolute atomic E-state index is 12.5. The lowest BCUT2D eigenvalue weighted by molar-refractivity contribution is -0.0816. The molecule has 0 radical (unpaired) electrons. The molecule has 7 nitrogen and oxygen atoms in total. The van der Waals surface area contributed by atoms with Crippen LogP contribution in [0.3, 0.4) is 0 Å². The number of nitrogens with one attached hydrogen (secondary N) is 1. The van der Waals surface area contributed by atoms with Crippen molar-refractivity contribution in [2.45, 2.75) is 31.3 Å².